The summed E-state index contributed by atoms with van der Waals surface area (Å²) in [5.41, 5.74) is 3.67. The predicted molar refractivity (Wildman–Crippen MR) is 190 cm³/mol. The van der Waals surface area contributed by atoms with Crippen molar-refractivity contribution in [1.82, 2.24) is 9.88 Å². The van der Waals surface area contributed by atoms with Crippen molar-refractivity contribution in [3.05, 3.63) is 144 Å². The lowest BCUT2D eigenvalue weighted by molar-refractivity contribution is -0.139. The van der Waals surface area contributed by atoms with Crippen LogP contribution >= 0.6 is 0 Å². The molecule has 4 aromatic carbocycles. The summed E-state index contributed by atoms with van der Waals surface area (Å²) in [5.74, 6) is -1.37. The maximum Gasteiger partial charge on any atom is 0.264 e. The molecule has 9 nitrogen and oxygen atoms in total. The van der Waals surface area contributed by atoms with Crippen molar-refractivity contribution in [2.75, 3.05) is 23.4 Å². The number of fused-ring (bicyclic) bond motifs is 2. The number of para-hydroxylation sites is 2. The van der Waals surface area contributed by atoms with E-state index in [9.17, 15) is 24.6 Å². The number of carbonyl (C=O) groups is 3. The molecule has 2 heterocycles. The van der Waals surface area contributed by atoms with Gasteiger partial charge in [0.2, 0.25) is 11.8 Å². The van der Waals surface area contributed by atoms with E-state index >= 15 is 0 Å². The summed E-state index contributed by atoms with van der Waals surface area (Å²) in [6.07, 6.45) is 5.56. The van der Waals surface area contributed by atoms with E-state index in [2.05, 4.69) is 10.3 Å². The number of anilines is 2. The zero-order valence-electron chi connectivity index (χ0n) is 27.4. The fraction of sp³-hybridized carbons (Fsp3) is 0.225. The molecule has 1 aliphatic rings. The van der Waals surface area contributed by atoms with Crippen LogP contribution in [0.1, 0.15) is 35.6 Å². The number of aliphatic hydroxyl groups is 2. The summed E-state index contributed by atoms with van der Waals surface area (Å²) >= 11 is 0. The van der Waals surface area contributed by atoms with Crippen LogP contribution in [0.2, 0.25) is 0 Å². The third-order valence-corrected chi connectivity index (χ3v) is 9.10. The number of rotatable bonds is 13. The first-order chi connectivity index (χ1) is 23.8. The average molecular weight is 657 g/mol. The molecule has 5 aromatic rings. The molecule has 0 saturated heterocycles. The fourth-order valence-electron chi connectivity index (χ4n) is 6.45. The average Bonchev–Trinajstić information content (AvgIpc) is 3.62. The Morgan fingerprint density at radius 2 is 1.65 bits per heavy atom. The molecule has 0 unspecified atom stereocenters. The first kappa shape index (κ1) is 33.4. The highest BCUT2D eigenvalue weighted by atomic mass is 16.3. The van der Waals surface area contributed by atoms with Gasteiger partial charge in [0.1, 0.15) is 0 Å². The number of aromatic nitrogens is 1. The summed E-state index contributed by atoms with van der Waals surface area (Å²) in [5, 5.41) is 25.5. The number of hydrogen-bond donors (Lipinski definition) is 4. The van der Waals surface area contributed by atoms with E-state index in [4.69, 9.17) is 0 Å². The van der Waals surface area contributed by atoms with Gasteiger partial charge in [0.25, 0.3) is 5.91 Å². The molecule has 2 atom stereocenters. The topological polar surface area (TPSA) is 126 Å². The molecule has 49 heavy (non-hydrogen) atoms. The van der Waals surface area contributed by atoms with E-state index in [1.807, 2.05) is 85.1 Å². The van der Waals surface area contributed by atoms with Crippen molar-refractivity contribution in [3.8, 4) is 0 Å². The smallest absolute Gasteiger partial charge is 0.264 e. The lowest BCUT2D eigenvalue weighted by atomic mass is 9.83. The highest BCUT2D eigenvalue weighted by Gasteiger charge is 2.52. The number of carbonyl (C=O) groups excluding carboxylic acids is 3. The molecule has 6 rings (SSSR count). The minimum absolute atomic E-state index is 0.0669. The monoisotopic (exact) mass is 656 g/mol. The van der Waals surface area contributed by atoms with Crippen molar-refractivity contribution in [2.24, 2.45) is 5.92 Å². The van der Waals surface area contributed by atoms with Crippen LogP contribution in [0.4, 0.5) is 11.4 Å². The van der Waals surface area contributed by atoms with E-state index in [-0.39, 0.29) is 44.4 Å². The van der Waals surface area contributed by atoms with Gasteiger partial charge in [0, 0.05) is 53.8 Å². The summed E-state index contributed by atoms with van der Waals surface area (Å²) in [7, 11) is 0. The largest absolute Gasteiger partial charge is 0.395 e. The number of nitrogens with one attached hydrogen (secondary N) is 2. The number of nitrogens with zero attached hydrogens (tertiary/aromatic N) is 2. The Morgan fingerprint density at radius 1 is 0.939 bits per heavy atom. The van der Waals surface area contributed by atoms with Crippen molar-refractivity contribution in [3.63, 3.8) is 0 Å². The zero-order valence-corrected chi connectivity index (χ0v) is 27.4. The minimum atomic E-state index is -1.82. The second kappa shape index (κ2) is 14.7. The second-order valence-corrected chi connectivity index (χ2v) is 12.4. The number of H-pyrrole nitrogens is 1. The van der Waals surface area contributed by atoms with Gasteiger partial charge in [0.05, 0.1) is 25.3 Å². The molecule has 3 amide bonds. The third kappa shape index (κ3) is 7.18. The number of aliphatic hydroxyl groups excluding tert-OH is 1. The van der Waals surface area contributed by atoms with Gasteiger partial charge >= 0.3 is 0 Å². The molecular formula is C40H40N4O5. The van der Waals surface area contributed by atoms with Crippen LogP contribution in [0.25, 0.3) is 10.9 Å². The fourth-order valence-corrected chi connectivity index (χ4v) is 6.45. The Balaban J connectivity index is 1.10. The van der Waals surface area contributed by atoms with E-state index in [0.717, 1.165) is 27.6 Å². The number of amides is 3. The second-order valence-electron chi connectivity index (χ2n) is 12.4. The summed E-state index contributed by atoms with van der Waals surface area (Å²) in [6.45, 7) is 2.43. The van der Waals surface area contributed by atoms with Crippen LogP contribution in [0, 0.1) is 5.92 Å². The molecule has 0 saturated carbocycles. The van der Waals surface area contributed by atoms with Crippen LogP contribution in [0.15, 0.2) is 121 Å². The van der Waals surface area contributed by atoms with Crippen LogP contribution in [-0.2, 0) is 39.5 Å². The molecule has 0 radical (unpaired) electrons. The molecule has 0 bridgehead atoms. The Bertz CT molecular complexity index is 1970. The van der Waals surface area contributed by atoms with Crippen molar-refractivity contribution in [2.45, 2.75) is 38.5 Å². The van der Waals surface area contributed by atoms with Crippen molar-refractivity contribution >= 4 is 40.0 Å². The van der Waals surface area contributed by atoms with E-state index in [0.29, 0.717) is 23.5 Å². The first-order valence-electron chi connectivity index (χ1n) is 16.4. The minimum Gasteiger partial charge on any atom is -0.395 e. The van der Waals surface area contributed by atoms with Crippen molar-refractivity contribution < 1.29 is 24.6 Å². The molecule has 250 valence electrons. The summed E-state index contributed by atoms with van der Waals surface area (Å²) < 4.78 is 0. The number of aromatic amines is 1. The standard InChI is InChI=1S/C40H40N4O5/c1-28(10-9-17-38(47)43(22-23-45)26-29-11-3-2-4-12-29)40(49)34-14-6-8-16-36(34)44(39(40)48)27-30-18-20-32(21-19-30)42-37(46)24-31-25-41-35-15-7-5-13-33(31)35/h2-16,18-21,25,28,41,45,49H,17,22-24,26-27H2,1H3,(H,42,46)/b10-9+/t28-,40+/m0/s1. The van der Waals surface area contributed by atoms with Gasteiger partial charge in [-0.1, -0.05) is 97.9 Å². The Morgan fingerprint density at radius 3 is 2.43 bits per heavy atom. The molecule has 0 fully saturated rings. The summed E-state index contributed by atoms with van der Waals surface area (Å²) in [4.78, 5) is 46.2. The molecular weight excluding hydrogens is 616 g/mol. The van der Waals surface area contributed by atoms with Gasteiger partial charge in [0.15, 0.2) is 5.60 Å². The quantitative estimate of drug-likeness (QED) is 0.121. The van der Waals surface area contributed by atoms with E-state index in [1.165, 1.54) is 0 Å². The van der Waals surface area contributed by atoms with Gasteiger partial charge < -0.3 is 30.3 Å². The predicted octanol–water partition coefficient (Wildman–Crippen LogP) is 5.69. The van der Waals surface area contributed by atoms with Crippen LogP contribution in [-0.4, -0.2) is 51.0 Å². The highest BCUT2D eigenvalue weighted by Crippen LogP contribution is 2.45. The first-order valence-corrected chi connectivity index (χ1v) is 16.4. The Labute approximate surface area is 285 Å². The van der Waals surface area contributed by atoms with Crippen LogP contribution < -0.4 is 10.2 Å². The molecule has 9 heteroatoms. The van der Waals surface area contributed by atoms with E-state index in [1.54, 1.807) is 53.1 Å². The van der Waals surface area contributed by atoms with Gasteiger partial charge in [-0.2, -0.15) is 0 Å². The molecule has 0 aliphatic carbocycles. The Kier molecular flexibility index (Phi) is 10.0. The van der Waals surface area contributed by atoms with Gasteiger partial charge in [-0.05, 0) is 41.0 Å². The van der Waals surface area contributed by atoms with Crippen molar-refractivity contribution in [1.29, 1.82) is 0 Å². The number of hydrogen-bond acceptors (Lipinski definition) is 5. The Hall–Kier alpha value is -5.51. The van der Waals surface area contributed by atoms with Gasteiger partial charge in [-0.3, -0.25) is 14.4 Å². The molecule has 1 aromatic heterocycles. The molecule has 0 spiro atoms. The van der Waals surface area contributed by atoms with Crippen LogP contribution in [0.3, 0.4) is 0 Å². The zero-order chi connectivity index (χ0) is 34.4. The van der Waals surface area contributed by atoms with Gasteiger partial charge in [-0.15, -0.1) is 0 Å². The highest BCUT2D eigenvalue weighted by molar-refractivity contribution is 6.07. The van der Waals surface area contributed by atoms with E-state index < -0.39 is 17.4 Å². The lowest BCUT2D eigenvalue weighted by Gasteiger charge is -2.28. The lowest BCUT2D eigenvalue weighted by Crippen LogP contribution is -2.44. The molecule has 4 N–H and O–H groups in total. The van der Waals surface area contributed by atoms with Gasteiger partial charge in [-0.25, -0.2) is 0 Å². The maximum atomic E-state index is 14.0. The van der Waals surface area contributed by atoms with Crippen LogP contribution in [0.5, 0.6) is 0 Å². The normalized spacial score (nSPS) is 16.2. The summed E-state index contributed by atoms with van der Waals surface area (Å²) in [6, 6.07) is 32.0. The number of benzene rings is 4. The third-order valence-electron chi connectivity index (χ3n) is 9.10. The SMILES string of the molecule is C[C@@H](/C=C/CC(=O)N(CCO)Cc1ccccc1)[C@]1(O)C(=O)N(Cc2ccc(NC(=O)Cc3c[nH]c4ccccc34)cc2)c2ccccc21. The maximum absolute atomic E-state index is 14.0. The molecule has 1 aliphatic heterocycles.